The highest BCUT2D eigenvalue weighted by Crippen LogP contribution is 2.50. The second-order valence-corrected chi connectivity index (χ2v) is 14.9. The van der Waals surface area contributed by atoms with Gasteiger partial charge in [0.25, 0.3) is 11.8 Å². The van der Waals surface area contributed by atoms with Crippen LogP contribution in [0.1, 0.15) is 113 Å². The molecule has 9 nitrogen and oxygen atoms in total. The lowest BCUT2D eigenvalue weighted by atomic mass is 9.69. The Bertz CT molecular complexity index is 1580. The van der Waals surface area contributed by atoms with Crippen LogP contribution in [0.25, 0.3) is 6.08 Å². The molecule has 2 heterocycles. The number of aromatic nitrogens is 4. The Labute approximate surface area is 271 Å². The molecule has 3 aromatic rings. The van der Waals surface area contributed by atoms with Gasteiger partial charge in [-0.1, -0.05) is 77.1 Å². The molecule has 1 fully saturated rings. The van der Waals surface area contributed by atoms with E-state index < -0.39 is 5.66 Å². The summed E-state index contributed by atoms with van der Waals surface area (Å²) in [7, 11) is 0. The van der Waals surface area contributed by atoms with Crippen molar-refractivity contribution in [3.8, 4) is 0 Å². The summed E-state index contributed by atoms with van der Waals surface area (Å²) < 4.78 is 13.9. The highest BCUT2D eigenvalue weighted by atomic mass is 19.1. The van der Waals surface area contributed by atoms with Gasteiger partial charge in [-0.25, -0.2) is 4.39 Å². The Morgan fingerprint density at radius 2 is 1.80 bits per heavy atom. The fourth-order valence-electron chi connectivity index (χ4n) is 6.65. The normalized spacial score (nSPS) is 21.2. The predicted octanol–water partition coefficient (Wildman–Crippen LogP) is 7.07. The fraction of sp³-hybridized carbons (Fsp3) is 0.500. The molecule has 10 heteroatoms. The highest BCUT2D eigenvalue weighted by molar-refractivity contribution is 6.45. The number of hydrogen-bond donors (Lipinski definition) is 2. The lowest BCUT2D eigenvalue weighted by Gasteiger charge is -2.47. The van der Waals surface area contributed by atoms with E-state index in [0.29, 0.717) is 28.6 Å². The molecule has 244 valence electrons. The van der Waals surface area contributed by atoms with Crippen LogP contribution >= 0.6 is 0 Å². The summed E-state index contributed by atoms with van der Waals surface area (Å²) in [5, 5.41) is 16.5. The molecule has 1 aliphatic heterocycles. The van der Waals surface area contributed by atoms with E-state index in [1.165, 1.54) is 12.1 Å². The molecular formula is C36H46FN7O2. The largest absolute Gasteiger partial charge is 0.345 e. The summed E-state index contributed by atoms with van der Waals surface area (Å²) in [6.07, 6.45) is 8.66. The van der Waals surface area contributed by atoms with Crippen LogP contribution in [0.5, 0.6) is 0 Å². The maximum absolute atomic E-state index is 14.4. The number of H-pyrrole nitrogens is 1. The zero-order chi connectivity index (χ0) is 33.1. The number of nitrogens with one attached hydrogen (secondary N) is 2. The number of aromatic amines is 1. The molecule has 0 saturated heterocycles. The molecule has 1 atom stereocenters. The van der Waals surface area contributed by atoms with Crippen molar-refractivity contribution in [3.63, 3.8) is 0 Å². The third kappa shape index (κ3) is 7.77. The van der Waals surface area contributed by atoms with Crippen LogP contribution in [0, 0.1) is 22.6 Å². The Kier molecular flexibility index (Phi) is 9.56. The zero-order valence-corrected chi connectivity index (χ0v) is 27.8. The van der Waals surface area contributed by atoms with E-state index in [4.69, 9.17) is 4.99 Å². The first-order valence-corrected chi connectivity index (χ1v) is 16.2. The van der Waals surface area contributed by atoms with E-state index in [1.54, 1.807) is 30.4 Å². The standard InChI is InChI=1S/C36H46FN7O2/c1-34(2,3)19-18-30(25-11-13-26(14-12-25)32(45)38-23-31-40-42-43-41-31)44-33(46)29(15-10-24-8-7-9-28(37)22-24)39-36(44)20-16-27(17-21-36)35(4,5)6/h7-15,22,27,30H,16-21,23H2,1-6H3,(H,38,45)(H,40,41,42,43)/t27?,30-,36?/m1/s1. The van der Waals surface area contributed by atoms with E-state index >= 15 is 0 Å². The first-order valence-electron chi connectivity index (χ1n) is 16.2. The summed E-state index contributed by atoms with van der Waals surface area (Å²) in [5.74, 6) is 0.256. The van der Waals surface area contributed by atoms with Crippen molar-refractivity contribution in [1.82, 2.24) is 30.8 Å². The Hall–Kier alpha value is -4.21. The molecule has 2 aliphatic rings. The maximum Gasteiger partial charge on any atom is 0.274 e. The smallest absolute Gasteiger partial charge is 0.274 e. The second-order valence-electron chi connectivity index (χ2n) is 14.9. The van der Waals surface area contributed by atoms with Crippen molar-refractivity contribution in [2.75, 3.05) is 0 Å². The van der Waals surface area contributed by atoms with Crippen molar-refractivity contribution < 1.29 is 14.0 Å². The number of halogens is 1. The Morgan fingerprint density at radius 1 is 1.09 bits per heavy atom. The number of rotatable bonds is 9. The lowest BCUT2D eigenvalue weighted by molar-refractivity contribution is -0.134. The minimum absolute atomic E-state index is 0.0496. The van der Waals surface area contributed by atoms with E-state index in [0.717, 1.165) is 44.1 Å². The van der Waals surface area contributed by atoms with E-state index in [9.17, 15) is 14.0 Å². The average Bonchev–Trinajstić information content (AvgIpc) is 3.61. The van der Waals surface area contributed by atoms with E-state index in [2.05, 4.69) is 67.5 Å². The van der Waals surface area contributed by atoms with Gasteiger partial charge in [0.1, 0.15) is 17.2 Å². The van der Waals surface area contributed by atoms with Crippen LogP contribution in [-0.4, -0.2) is 48.7 Å². The topological polar surface area (TPSA) is 116 Å². The van der Waals surface area contributed by atoms with Crippen LogP contribution in [0.3, 0.4) is 0 Å². The highest BCUT2D eigenvalue weighted by Gasteiger charge is 2.52. The fourth-order valence-corrected chi connectivity index (χ4v) is 6.65. The molecule has 46 heavy (non-hydrogen) atoms. The lowest BCUT2D eigenvalue weighted by Crippen LogP contribution is -2.51. The molecule has 0 bridgehead atoms. The number of benzene rings is 2. The van der Waals surface area contributed by atoms with Crippen LogP contribution in [-0.2, 0) is 11.3 Å². The van der Waals surface area contributed by atoms with Crippen LogP contribution < -0.4 is 5.32 Å². The number of nitrogens with zero attached hydrogens (tertiary/aromatic N) is 5. The summed E-state index contributed by atoms with van der Waals surface area (Å²) in [6, 6.07) is 13.6. The molecule has 2 N–H and O–H groups in total. The van der Waals surface area contributed by atoms with Crippen molar-refractivity contribution in [2.24, 2.45) is 21.7 Å². The van der Waals surface area contributed by atoms with Crippen molar-refractivity contribution in [1.29, 1.82) is 0 Å². The van der Waals surface area contributed by atoms with Crippen LogP contribution in [0.4, 0.5) is 4.39 Å². The van der Waals surface area contributed by atoms with Gasteiger partial charge in [-0.15, -0.1) is 10.2 Å². The predicted molar refractivity (Wildman–Crippen MR) is 177 cm³/mol. The second kappa shape index (κ2) is 13.3. The third-order valence-corrected chi connectivity index (χ3v) is 9.34. The van der Waals surface area contributed by atoms with Crippen LogP contribution in [0.15, 0.2) is 59.6 Å². The maximum atomic E-state index is 14.4. The molecule has 5 rings (SSSR count). The molecule has 2 aromatic carbocycles. The van der Waals surface area contributed by atoms with Gasteiger partial charge in [0.2, 0.25) is 0 Å². The molecule has 1 saturated carbocycles. The van der Waals surface area contributed by atoms with Gasteiger partial charge >= 0.3 is 0 Å². The Balaban J connectivity index is 1.47. The monoisotopic (exact) mass is 627 g/mol. The summed E-state index contributed by atoms with van der Waals surface area (Å²) in [4.78, 5) is 34.6. The zero-order valence-electron chi connectivity index (χ0n) is 27.8. The van der Waals surface area contributed by atoms with Crippen molar-refractivity contribution in [3.05, 3.63) is 82.9 Å². The molecule has 1 spiro atoms. The molecular weight excluding hydrogens is 581 g/mol. The number of aliphatic imine (C=N–C) groups is 1. The minimum atomic E-state index is -0.663. The van der Waals surface area contributed by atoms with E-state index in [1.807, 2.05) is 23.1 Å². The van der Waals surface area contributed by atoms with Crippen LogP contribution in [0.2, 0.25) is 0 Å². The first-order chi connectivity index (χ1) is 21.7. The minimum Gasteiger partial charge on any atom is -0.345 e. The van der Waals surface area contributed by atoms with Gasteiger partial charge in [-0.05, 0) is 96.7 Å². The molecule has 0 radical (unpaired) electrons. The van der Waals surface area contributed by atoms with Gasteiger partial charge in [-0.3, -0.25) is 14.6 Å². The number of tetrazole rings is 1. The van der Waals surface area contributed by atoms with Gasteiger partial charge in [0, 0.05) is 5.56 Å². The number of carbonyl (C=O) groups excluding carboxylic acids is 2. The molecule has 2 amide bonds. The SMILES string of the molecule is CC(C)(C)CC[C@H](c1ccc(C(=O)NCc2nn[nH]n2)cc1)N1C(=O)C(C=Cc2cccc(F)c2)=NC12CCC(C(C)(C)C)CC2. The van der Waals surface area contributed by atoms with Gasteiger partial charge < -0.3 is 10.2 Å². The number of amides is 2. The number of hydrogen-bond acceptors (Lipinski definition) is 6. The van der Waals surface area contributed by atoms with Crippen molar-refractivity contribution >= 4 is 23.6 Å². The van der Waals surface area contributed by atoms with Gasteiger partial charge in [0.15, 0.2) is 5.82 Å². The van der Waals surface area contributed by atoms with E-state index in [-0.39, 0.29) is 41.0 Å². The van der Waals surface area contributed by atoms with Gasteiger partial charge in [-0.2, -0.15) is 5.21 Å². The molecule has 0 unspecified atom stereocenters. The number of carbonyl (C=O) groups is 2. The first kappa shape index (κ1) is 33.2. The third-order valence-electron chi connectivity index (χ3n) is 9.34. The van der Waals surface area contributed by atoms with Crippen molar-refractivity contribution in [2.45, 2.75) is 98.3 Å². The quantitative estimate of drug-likeness (QED) is 0.263. The molecule has 1 aliphatic carbocycles. The summed E-state index contributed by atoms with van der Waals surface area (Å²) in [6.45, 7) is 13.7. The molecule has 1 aromatic heterocycles. The average molecular weight is 628 g/mol. The summed E-state index contributed by atoms with van der Waals surface area (Å²) in [5.41, 5.74) is 2.11. The Morgan fingerprint density at radius 3 is 2.41 bits per heavy atom. The van der Waals surface area contributed by atoms with Gasteiger partial charge in [0.05, 0.1) is 12.6 Å². The summed E-state index contributed by atoms with van der Waals surface area (Å²) >= 11 is 0.